The highest BCUT2D eigenvalue weighted by molar-refractivity contribution is 7.80. The number of carboxylic acid groups (broad SMARTS) is 1. The summed E-state index contributed by atoms with van der Waals surface area (Å²) in [5.41, 5.74) is -0.508. The van der Waals surface area contributed by atoms with Crippen molar-refractivity contribution in [3.05, 3.63) is 0 Å². The van der Waals surface area contributed by atoms with E-state index in [0.717, 1.165) is 4.90 Å². The Morgan fingerprint density at radius 2 is 1.92 bits per heavy atom. The summed E-state index contributed by atoms with van der Waals surface area (Å²) in [5.74, 6) is 0. The number of thiocarbonyl (C=S) groups is 1. The molecule has 12 heavy (non-hydrogen) atoms. The quantitative estimate of drug-likeness (QED) is 0.565. The third-order valence-electron chi connectivity index (χ3n) is 1.28. The zero-order chi connectivity index (χ0) is 9.94. The van der Waals surface area contributed by atoms with Crippen molar-refractivity contribution in [1.29, 1.82) is 0 Å². The van der Waals surface area contributed by atoms with Gasteiger partial charge in [0.15, 0.2) is 5.11 Å². The molecule has 0 aromatic heterocycles. The van der Waals surface area contributed by atoms with E-state index in [1.165, 1.54) is 0 Å². The number of carbonyl (C=O) groups is 1. The maximum atomic E-state index is 10.7. The lowest BCUT2D eigenvalue weighted by atomic mass is 10.1. The van der Waals surface area contributed by atoms with Gasteiger partial charge >= 0.3 is 6.09 Å². The zero-order valence-electron chi connectivity index (χ0n) is 7.71. The summed E-state index contributed by atoms with van der Waals surface area (Å²) in [4.78, 5) is 11.9. The van der Waals surface area contributed by atoms with Crippen LogP contribution in [0.4, 0.5) is 4.79 Å². The molecule has 0 aromatic carbocycles. The Kier molecular flexibility index (Phi) is 3.45. The van der Waals surface area contributed by atoms with Gasteiger partial charge in [-0.1, -0.05) is 0 Å². The number of nitrogens with zero attached hydrogens (tertiary/aromatic N) is 1. The molecule has 1 amide bonds. The van der Waals surface area contributed by atoms with Gasteiger partial charge in [-0.15, -0.1) is 0 Å². The minimum Gasteiger partial charge on any atom is -0.465 e. The molecule has 4 nitrogen and oxygen atoms in total. The van der Waals surface area contributed by atoms with Gasteiger partial charge in [0.25, 0.3) is 0 Å². The van der Waals surface area contributed by atoms with Crippen LogP contribution in [-0.4, -0.2) is 33.8 Å². The molecule has 0 rings (SSSR count). The van der Waals surface area contributed by atoms with Crippen LogP contribution >= 0.6 is 12.2 Å². The highest BCUT2D eigenvalue weighted by atomic mass is 32.1. The molecule has 0 aliphatic carbocycles. The standard InChI is InChI=1S/C7H14N2O2S/c1-7(2,3)9(6(10)11)5(12)8-4/h1-4H3,(H,8,12)(H,10,11). The minimum absolute atomic E-state index is 0.218. The molecular weight excluding hydrogens is 176 g/mol. The molecule has 0 fully saturated rings. The number of hydrogen-bond donors (Lipinski definition) is 2. The fourth-order valence-electron chi connectivity index (χ4n) is 0.790. The lowest BCUT2D eigenvalue weighted by Crippen LogP contribution is -2.52. The van der Waals surface area contributed by atoms with Crippen LogP contribution < -0.4 is 5.32 Å². The lowest BCUT2D eigenvalue weighted by molar-refractivity contribution is 0.140. The summed E-state index contributed by atoms with van der Waals surface area (Å²) in [6.45, 7) is 5.35. The Balaban J connectivity index is 4.68. The Labute approximate surface area is 77.6 Å². The normalized spacial score (nSPS) is 10.7. The van der Waals surface area contributed by atoms with Gasteiger partial charge in [0.2, 0.25) is 0 Å². The Bertz CT molecular complexity index is 198. The van der Waals surface area contributed by atoms with Crippen LogP contribution in [0.3, 0.4) is 0 Å². The third kappa shape index (κ3) is 2.65. The van der Waals surface area contributed by atoms with Crippen molar-refractivity contribution in [3.8, 4) is 0 Å². The minimum atomic E-state index is -1.04. The van der Waals surface area contributed by atoms with Gasteiger partial charge in [-0.3, -0.25) is 0 Å². The van der Waals surface area contributed by atoms with E-state index in [0.29, 0.717) is 0 Å². The van der Waals surface area contributed by atoms with Crippen molar-refractivity contribution in [2.75, 3.05) is 7.05 Å². The Morgan fingerprint density at radius 1 is 1.50 bits per heavy atom. The summed E-state index contributed by atoms with van der Waals surface area (Å²) in [6, 6.07) is 0. The number of rotatable bonds is 0. The number of hydrogen-bond acceptors (Lipinski definition) is 2. The molecule has 0 spiro atoms. The van der Waals surface area contributed by atoms with Crippen molar-refractivity contribution < 1.29 is 9.90 Å². The van der Waals surface area contributed by atoms with Gasteiger partial charge < -0.3 is 10.4 Å². The van der Waals surface area contributed by atoms with Crippen LogP contribution in [0.5, 0.6) is 0 Å². The summed E-state index contributed by atoms with van der Waals surface area (Å²) < 4.78 is 0. The van der Waals surface area contributed by atoms with Crippen molar-refractivity contribution in [2.45, 2.75) is 26.3 Å². The second-order valence-corrected chi connectivity index (χ2v) is 3.73. The van der Waals surface area contributed by atoms with Gasteiger partial charge in [-0.25, -0.2) is 9.69 Å². The van der Waals surface area contributed by atoms with Gasteiger partial charge in [0.1, 0.15) is 0 Å². The van der Waals surface area contributed by atoms with Crippen LogP contribution in [-0.2, 0) is 0 Å². The highest BCUT2D eigenvalue weighted by Gasteiger charge is 2.29. The van der Waals surface area contributed by atoms with Gasteiger partial charge in [0.05, 0.1) is 0 Å². The van der Waals surface area contributed by atoms with Crippen molar-refractivity contribution in [1.82, 2.24) is 10.2 Å². The van der Waals surface area contributed by atoms with Crippen LogP contribution in [0.25, 0.3) is 0 Å². The SMILES string of the molecule is CNC(=S)N(C(=O)O)C(C)(C)C. The molecule has 0 aliphatic heterocycles. The van der Waals surface area contributed by atoms with Crippen molar-refractivity contribution in [3.63, 3.8) is 0 Å². The molecule has 0 saturated heterocycles. The Morgan fingerprint density at radius 3 is 2.00 bits per heavy atom. The van der Waals surface area contributed by atoms with Gasteiger partial charge in [0, 0.05) is 12.6 Å². The first-order valence-electron chi connectivity index (χ1n) is 3.55. The maximum absolute atomic E-state index is 10.7. The molecule has 5 heteroatoms. The van der Waals surface area contributed by atoms with Crippen LogP contribution in [0.2, 0.25) is 0 Å². The van der Waals surface area contributed by atoms with E-state index in [1.807, 2.05) is 0 Å². The summed E-state index contributed by atoms with van der Waals surface area (Å²) in [6.07, 6.45) is -1.04. The topological polar surface area (TPSA) is 52.6 Å². The van der Waals surface area contributed by atoms with E-state index in [1.54, 1.807) is 27.8 Å². The summed E-state index contributed by atoms with van der Waals surface area (Å²) >= 11 is 4.84. The number of nitrogens with one attached hydrogen (secondary N) is 1. The summed E-state index contributed by atoms with van der Waals surface area (Å²) in [5, 5.41) is 11.7. The van der Waals surface area contributed by atoms with E-state index in [4.69, 9.17) is 17.3 Å². The lowest BCUT2D eigenvalue weighted by Gasteiger charge is -2.32. The van der Waals surface area contributed by atoms with Crippen molar-refractivity contribution >= 4 is 23.4 Å². The monoisotopic (exact) mass is 190 g/mol. The largest absolute Gasteiger partial charge is 0.465 e. The van der Waals surface area contributed by atoms with Crippen LogP contribution in [0, 0.1) is 0 Å². The molecule has 0 aliphatic rings. The highest BCUT2D eigenvalue weighted by Crippen LogP contribution is 2.13. The van der Waals surface area contributed by atoms with E-state index in [-0.39, 0.29) is 5.11 Å². The smallest absolute Gasteiger partial charge is 0.414 e. The average Bonchev–Trinajstić information content (AvgIpc) is 1.83. The average molecular weight is 190 g/mol. The molecular formula is C7H14N2O2S. The fourth-order valence-corrected chi connectivity index (χ4v) is 1.14. The number of amides is 1. The van der Waals surface area contributed by atoms with Crippen LogP contribution in [0.1, 0.15) is 20.8 Å². The molecule has 0 atom stereocenters. The molecule has 0 aromatic rings. The second-order valence-electron chi connectivity index (χ2n) is 3.34. The molecule has 0 bridgehead atoms. The van der Waals surface area contributed by atoms with E-state index in [9.17, 15) is 4.79 Å². The first-order valence-corrected chi connectivity index (χ1v) is 3.96. The maximum Gasteiger partial charge on any atom is 0.414 e. The predicted octanol–water partition coefficient (Wildman–Crippen LogP) is 1.27. The predicted molar refractivity (Wildman–Crippen MR) is 51.3 cm³/mol. The summed E-state index contributed by atoms with van der Waals surface area (Å²) in [7, 11) is 1.60. The van der Waals surface area contributed by atoms with E-state index < -0.39 is 11.6 Å². The molecule has 0 saturated carbocycles. The van der Waals surface area contributed by atoms with Gasteiger partial charge in [-0.05, 0) is 33.0 Å². The van der Waals surface area contributed by atoms with Crippen molar-refractivity contribution in [2.24, 2.45) is 0 Å². The van der Waals surface area contributed by atoms with E-state index in [2.05, 4.69) is 5.32 Å². The molecule has 0 unspecified atom stereocenters. The molecule has 70 valence electrons. The van der Waals surface area contributed by atoms with Crippen LogP contribution in [0.15, 0.2) is 0 Å². The second kappa shape index (κ2) is 3.71. The van der Waals surface area contributed by atoms with Gasteiger partial charge in [-0.2, -0.15) is 0 Å². The zero-order valence-corrected chi connectivity index (χ0v) is 8.53. The molecule has 0 radical (unpaired) electrons. The fraction of sp³-hybridized carbons (Fsp3) is 0.714. The third-order valence-corrected chi connectivity index (χ3v) is 1.67. The molecule has 0 heterocycles. The Hall–Kier alpha value is -0.840. The molecule has 2 N–H and O–H groups in total. The first kappa shape index (κ1) is 11.2. The first-order chi connectivity index (χ1) is 5.30. The van der Waals surface area contributed by atoms with E-state index >= 15 is 0 Å².